The third-order valence-electron chi connectivity index (χ3n) is 3.58. The van der Waals surface area contributed by atoms with Crippen LogP contribution in [0.25, 0.3) is 11.4 Å². The SMILES string of the molecule is CC(C)CNc1nc(-c2ccc(Cl)cc2)nc(CC(C)C)c1C(=O)O. The Hall–Kier alpha value is -2.14. The molecule has 0 aliphatic carbocycles. The molecule has 0 aliphatic rings. The average molecular weight is 362 g/mol. The predicted octanol–water partition coefficient (Wildman–Crippen LogP) is 4.76. The predicted molar refractivity (Wildman–Crippen MR) is 101 cm³/mol. The Bertz CT molecular complexity index is 743. The molecule has 0 saturated carbocycles. The van der Waals surface area contributed by atoms with Crippen LogP contribution < -0.4 is 5.32 Å². The lowest BCUT2D eigenvalue weighted by molar-refractivity contribution is 0.0695. The smallest absolute Gasteiger partial charge is 0.341 e. The quantitative estimate of drug-likeness (QED) is 0.743. The van der Waals surface area contributed by atoms with Gasteiger partial charge in [0.25, 0.3) is 0 Å². The van der Waals surface area contributed by atoms with E-state index in [0.717, 1.165) is 5.56 Å². The summed E-state index contributed by atoms with van der Waals surface area (Å²) in [6.07, 6.45) is 0.571. The molecule has 0 bridgehead atoms. The van der Waals surface area contributed by atoms with Gasteiger partial charge in [0, 0.05) is 17.1 Å². The van der Waals surface area contributed by atoms with E-state index in [4.69, 9.17) is 11.6 Å². The molecule has 1 aromatic carbocycles. The molecule has 1 aromatic heterocycles. The summed E-state index contributed by atoms with van der Waals surface area (Å²) in [7, 11) is 0. The van der Waals surface area contributed by atoms with Crippen LogP contribution in [0.15, 0.2) is 24.3 Å². The Kier molecular flexibility index (Phi) is 6.37. The molecule has 0 atom stereocenters. The van der Waals surface area contributed by atoms with Gasteiger partial charge in [0.15, 0.2) is 5.82 Å². The number of aromatic carboxylic acids is 1. The highest BCUT2D eigenvalue weighted by Gasteiger charge is 2.21. The molecule has 0 spiro atoms. The highest BCUT2D eigenvalue weighted by Crippen LogP contribution is 2.26. The maximum Gasteiger partial charge on any atom is 0.341 e. The van der Waals surface area contributed by atoms with Crippen LogP contribution in [0.4, 0.5) is 5.82 Å². The number of rotatable bonds is 7. The van der Waals surface area contributed by atoms with E-state index in [1.807, 2.05) is 26.0 Å². The Labute approximate surface area is 153 Å². The van der Waals surface area contributed by atoms with Gasteiger partial charge in [-0.15, -0.1) is 0 Å². The molecule has 0 fully saturated rings. The van der Waals surface area contributed by atoms with Crippen LogP contribution in [-0.2, 0) is 6.42 Å². The van der Waals surface area contributed by atoms with Crippen molar-refractivity contribution < 1.29 is 9.90 Å². The van der Waals surface area contributed by atoms with E-state index in [1.54, 1.807) is 12.1 Å². The molecule has 2 aromatic rings. The zero-order chi connectivity index (χ0) is 18.6. The van der Waals surface area contributed by atoms with E-state index in [2.05, 4.69) is 29.1 Å². The summed E-state index contributed by atoms with van der Waals surface area (Å²) in [5, 5.41) is 13.5. The summed E-state index contributed by atoms with van der Waals surface area (Å²) in [5.41, 5.74) is 1.51. The van der Waals surface area contributed by atoms with Crippen molar-refractivity contribution in [2.24, 2.45) is 11.8 Å². The van der Waals surface area contributed by atoms with E-state index in [9.17, 15) is 9.90 Å². The number of carboxylic acids is 1. The monoisotopic (exact) mass is 361 g/mol. The minimum Gasteiger partial charge on any atom is -0.477 e. The number of hydrogen-bond donors (Lipinski definition) is 2. The van der Waals surface area contributed by atoms with Crippen molar-refractivity contribution in [1.82, 2.24) is 9.97 Å². The normalized spacial score (nSPS) is 11.2. The Morgan fingerprint density at radius 1 is 1.12 bits per heavy atom. The summed E-state index contributed by atoms with van der Waals surface area (Å²) in [6.45, 7) is 8.83. The molecular weight excluding hydrogens is 338 g/mol. The fraction of sp³-hybridized carbons (Fsp3) is 0.421. The van der Waals surface area contributed by atoms with Gasteiger partial charge >= 0.3 is 5.97 Å². The van der Waals surface area contributed by atoms with Gasteiger partial charge in [0.2, 0.25) is 0 Å². The summed E-state index contributed by atoms with van der Waals surface area (Å²) in [5.74, 6) is 0.512. The second kappa shape index (κ2) is 8.30. The molecule has 6 heteroatoms. The van der Waals surface area contributed by atoms with Gasteiger partial charge < -0.3 is 10.4 Å². The van der Waals surface area contributed by atoms with E-state index in [-0.39, 0.29) is 11.5 Å². The molecule has 0 amide bonds. The first-order valence-corrected chi connectivity index (χ1v) is 8.79. The molecule has 0 radical (unpaired) electrons. The molecule has 5 nitrogen and oxygen atoms in total. The highest BCUT2D eigenvalue weighted by atomic mass is 35.5. The fourth-order valence-electron chi connectivity index (χ4n) is 2.42. The Morgan fingerprint density at radius 2 is 1.76 bits per heavy atom. The average Bonchev–Trinajstić information content (AvgIpc) is 2.52. The van der Waals surface area contributed by atoms with E-state index < -0.39 is 5.97 Å². The summed E-state index contributed by atoms with van der Waals surface area (Å²) >= 11 is 5.95. The second-order valence-corrected chi connectivity index (χ2v) is 7.34. The van der Waals surface area contributed by atoms with Crippen LogP contribution in [0.2, 0.25) is 5.02 Å². The minimum atomic E-state index is -1.01. The van der Waals surface area contributed by atoms with Gasteiger partial charge in [-0.3, -0.25) is 0 Å². The molecule has 134 valence electrons. The van der Waals surface area contributed by atoms with Crippen LogP contribution in [-0.4, -0.2) is 27.6 Å². The van der Waals surface area contributed by atoms with Gasteiger partial charge in [0.05, 0.1) is 5.69 Å². The van der Waals surface area contributed by atoms with Crippen molar-refractivity contribution in [3.05, 3.63) is 40.5 Å². The number of benzene rings is 1. The number of anilines is 1. The second-order valence-electron chi connectivity index (χ2n) is 6.90. The topological polar surface area (TPSA) is 75.1 Å². The number of aromatic nitrogens is 2. The van der Waals surface area contributed by atoms with Gasteiger partial charge in [-0.1, -0.05) is 39.3 Å². The highest BCUT2D eigenvalue weighted by molar-refractivity contribution is 6.30. The van der Waals surface area contributed by atoms with Gasteiger partial charge in [-0.05, 0) is 42.5 Å². The van der Waals surface area contributed by atoms with Crippen molar-refractivity contribution in [2.75, 3.05) is 11.9 Å². The largest absolute Gasteiger partial charge is 0.477 e. The molecule has 0 saturated heterocycles. The maximum absolute atomic E-state index is 11.8. The van der Waals surface area contributed by atoms with Crippen molar-refractivity contribution in [1.29, 1.82) is 0 Å². The fourth-order valence-corrected chi connectivity index (χ4v) is 2.55. The van der Waals surface area contributed by atoms with Crippen LogP contribution in [0.5, 0.6) is 0 Å². The Morgan fingerprint density at radius 3 is 2.28 bits per heavy atom. The van der Waals surface area contributed by atoms with Crippen molar-refractivity contribution in [3.63, 3.8) is 0 Å². The lowest BCUT2D eigenvalue weighted by atomic mass is 10.0. The zero-order valence-electron chi connectivity index (χ0n) is 15.0. The van der Waals surface area contributed by atoms with Crippen molar-refractivity contribution in [2.45, 2.75) is 34.1 Å². The summed E-state index contributed by atoms with van der Waals surface area (Å²) in [6, 6.07) is 7.22. The van der Waals surface area contributed by atoms with E-state index in [1.165, 1.54) is 0 Å². The van der Waals surface area contributed by atoms with Crippen molar-refractivity contribution >= 4 is 23.4 Å². The first-order valence-electron chi connectivity index (χ1n) is 8.42. The first-order chi connectivity index (χ1) is 11.8. The molecular formula is C19H24ClN3O2. The van der Waals surface area contributed by atoms with Crippen LogP contribution in [0.3, 0.4) is 0 Å². The molecule has 1 heterocycles. The van der Waals surface area contributed by atoms with Gasteiger partial charge in [-0.2, -0.15) is 0 Å². The number of nitrogens with one attached hydrogen (secondary N) is 1. The molecule has 0 aliphatic heterocycles. The molecule has 0 unspecified atom stereocenters. The first kappa shape index (κ1) is 19.2. The number of halogens is 1. The summed E-state index contributed by atoms with van der Waals surface area (Å²) in [4.78, 5) is 20.9. The number of carboxylic acid groups (broad SMARTS) is 1. The lowest BCUT2D eigenvalue weighted by Gasteiger charge is -2.16. The van der Waals surface area contributed by atoms with E-state index in [0.29, 0.717) is 41.2 Å². The minimum absolute atomic E-state index is 0.159. The van der Waals surface area contributed by atoms with Gasteiger partial charge in [0.1, 0.15) is 11.4 Å². The van der Waals surface area contributed by atoms with E-state index >= 15 is 0 Å². The van der Waals surface area contributed by atoms with Crippen molar-refractivity contribution in [3.8, 4) is 11.4 Å². The van der Waals surface area contributed by atoms with Crippen LogP contribution in [0, 0.1) is 11.8 Å². The third kappa shape index (κ3) is 5.16. The number of nitrogens with zero attached hydrogens (tertiary/aromatic N) is 2. The maximum atomic E-state index is 11.8. The van der Waals surface area contributed by atoms with Crippen LogP contribution in [0.1, 0.15) is 43.7 Å². The summed E-state index contributed by atoms with van der Waals surface area (Å²) < 4.78 is 0. The van der Waals surface area contributed by atoms with Crippen LogP contribution >= 0.6 is 11.6 Å². The lowest BCUT2D eigenvalue weighted by Crippen LogP contribution is -2.18. The molecule has 2 N–H and O–H groups in total. The zero-order valence-corrected chi connectivity index (χ0v) is 15.8. The standard InChI is InChI=1S/C19H24ClN3O2/c1-11(2)9-15-16(19(24)25)18(21-10-12(3)4)23-17(22-15)13-5-7-14(20)8-6-13/h5-8,11-12H,9-10H2,1-4H3,(H,24,25)(H,21,22,23). The third-order valence-corrected chi connectivity index (χ3v) is 3.83. The molecule has 25 heavy (non-hydrogen) atoms. The number of carbonyl (C=O) groups is 1. The molecule has 2 rings (SSSR count). The Balaban J connectivity index is 2.58. The van der Waals surface area contributed by atoms with Gasteiger partial charge in [-0.25, -0.2) is 14.8 Å². The number of hydrogen-bond acceptors (Lipinski definition) is 4.